The van der Waals surface area contributed by atoms with Gasteiger partial charge in [-0.05, 0) is 63.4 Å². The molecule has 0 bridgehead atoms. The van der Waals surface area contributed by atoms with Gasteiger partial charge in [-0.3, -0.25) is 4.79 Å². The van der Waals surface area contributed by atoms with Gasteiger partial charge in [0.15, 0.2) is 0 Å². The zero-order valence-electron chi connectivity index (χ0n) is 20.6. The van der Waals surface area contributed by atoms with Gasteiger partial charge in [0.1, 0.15) is 5.60 Å². The first-order valence-electron chi connectivity index (χ1n) is 12.0. The van der Waals surface area contributed by atoms with Crippen LogP contribution in [0, 0.1) is 0 Å². The molecule has 4 rings (SSSR count). The Morgan fingerprint density at radius 1 is 1.08 bits per heavy atom. The van der Waals surface area contributed by atoms with Gasteiger partial charge in [0, 0.05) is 30.6 Å². The van der Waals surface area contributed by atoms with Crippen molar-refractivity contribution >= 4 is 35.2 Å². The molecule has 1 aromatic heterocycles. The fourth-order valence-corrected chi connectivity index (χ4v) is 4.76. The predicted molar refractivity (Wildman–Crippen MR) is 141 cm³/mol. The van der Waals surface area contributed by atoms with Crippen molar-refractivity contribution in [2.24, 2.45) is 0 Å². The number of aromatic nitrogens is 2. The summed E-state index contributed by atoms with van der Waals surface area (Å²) in [6, 6.07) is 14.8. The highest BCUT2D eigenvalue weighted by molar-refractivity contribution is 6.32. The van der Waals surface area contributed by atoms with Crippen LogP contribution in [0.5, 0.6) is 0 Å². The van der Waals surface area contributed by atoms with Crippen molar-refractivity contribution in [1.82, 2.24) is 20.0 Å². The highest BCUT2D eigenvalue weighted by Gasteiger charge is 2.32. The maximum Gasteiger partial charge on any atom is 0.410 e. The van der Waals surface area contributed by atoms with Crippen LogP contribution in [0.3, 0.4) is 0 Å². The van der Waals surface area contributed by atoms with E-state index < -0.39 is 5.60 Å². The Balaban J connectivity index is 1.58. The van der Waals surface area contributed by atoms with E-state index in [0.717, 1.165) is 11.3 Å². The number of halogens is 2. The van der Waals surface area contributed by atoms with Crippen LogP contribution in [0.25, 0.3) is 5.69 Å². The van der Waals surface area contributed by atoms with Gasteiger partial charge in [0.2, 0.25) is 0 Å². The number of para-hydroxylation sites is 1. The molecular weight excluding hydrogens is 499 g/mol. The summed E-state index contributed by atoms with van der Waals surface area (Å²) in [7, 11) is 0. The van der Waals surface area contributed by atoms with Crippen molar-refractivity contribution in [2.45, 2.75) is 51.7 Å². The van der Waals surface area contributed by atoms with Crippen LogP contribution in [0.4, 0.5) is 4.79 Å². The minimum Gasteiger partial charge on any atom is -0.444 e. The Kier molecular flexibility index (Phi) is 7.91. The topological polar surface area (TPSA) is 76.5 Å². The average molecular weight is 529 g/mol. The van der Waals surface area contributed by atoms with Crippen LogP contribution >= 0.6 is 23.2 Å². The van der Waals surface area contributed by atoms with Gasteiger partial charge in [0.05, 0.1) is 28.2 Å². The Morgan fingerprint density at radius 3 is 2.47 bits per heavy atom. The van der Waals surface area contributed by atoms with Crippen LogP contribution in [0.15, 0.2) is 54.7 Å². The third kappa shape index (κ3) is 6.20. The van der Waals surface area contributed by atoms with Crippen LogP contribution in [-0.2, 0) is 11.3 Å². The van der Waals surface area contributed by atoms with E-state index in [1.807, 2.05) is 57.2 Å². The minimum atomic E-state index is -0.551. The van der Waals surface area contributed by atoms with Crippen molar-refractivity contribution in [1.29, 1.82) is 0 Å². The molecule has 0 spiro atoms. The molecule has 1 aliphatic heterocycles. The molecule has 2 amide bonds. The molecular formula is C27H30Cl2N4O3. The standard InChI is InChI=1S/C27H30Cl2N4O3/c1-27(2,3)36-26(35)32-13-11-19(12-14-32)24-21(17-31-33(24)23-10-5-4-9-22(23)29)25(34)30-16-18-7-6-8-20(28)15-18/h4-10,15,17,19H,11-14,16H2,1-3H3,(H,30,34). The number of carbonyl (C=O) groups is 2. The van der Waals surface area contributed by atoms with E-state index in [1.165, 1.54) is 0 Å². The third-order valence-electron chi connectivity index (χ3n) is 6.01. The lowest BCUT2D eigenvalue weighted by Gasteiger charge is -2.34. The van der Waals surface area contributed by atoms with Crippen molar-refractivity contribution < 1.29 is 14.3 Å². The Hall–Kier alpha value is -3.03. The molecule has 190 valence electrons. The number of hydrogen-bond acceptors (Lipinski definition) is 4. The molecule has 7 nitrogen and oxygen atoms in total. The van der Waals surface area contributed by atoms with Crippen LogP contribution in [0.1, 0.15) is 61.1 Å². The Bertz CT molecular complexity index is 1240. The molecule has 1 aliphatic rings. The number of benzene rings is 2. The fraction of sp³-hybridized carbons (Fsp3) is 0.370. The smallest absolute Gasteiger partial charge is 0.410 e. The molecule has 1 fully saturated rings. The quantitative estimate of drug-likeness (QED) is 0.426. The van der Waals surface area contributed by atoms with Gasteiger partial charge < -0.3 is 15.0 Å². The number of likely N-dealkylation sites (tertiary alicyclic amines) is 1. The van der Waals surface area contributed by atoms with Gasteiger partial charge in [-0.25, -0.2) is 9.48 Å². The Labute approximate surface area is 221 Å². The summed E-state index contributed by atoms with van der Waals surface area (Å²) in [5.41, 5.74) is 2.34. The van der Waals surface area contributed by atoms with Crippen molar-refractivity contribution in [3.63, 3.8) is 0 Å². The molecule has 2 aromatic carbocycles. The first kappa shape index (κ1) is 26.0. The Morgan fingerprint density at radius 2 is 1.81 bits per heavy atom. The van der Waals surface area contributed by atoms with Crippen LogP contribution < -0.4 is 5.32 Å². The summed E-state index contributed by atoms with van der Waals surface area (Å²) in [5, 5.41) is 8.70. The second kappa shape index (κ2) is 10.9. The van der Waals surface area contributed by atoms with Crippen LogP contribution in [0.2, 0.25) is 10.0 Å². The highest BCUT2D eigenvalue weighted by atomic mass is 35.5. The van der Waals surface area contributed by atoms with Gasteiger partial charge in [0.25, 0.3) is 5.91 Å². The molecule has 0 aliphatic carbocycles. The van der Waals surface area contributed by atoms with E-state index in [4.69, 9.17) is 27.9 Å². The highest BCUT2D eigenvalue weighted by Crippen LogP contribution is 2.34. The average Bonchev–Trinajstić information content (AvgIpc) is 3.27. The lowest BCUT2D eigenvalue weighted by Crippen LogP contribution is -2.41. The molecule has 36 heavy (non-hydrogen) atoms. The second-order valence-electron chi connectivity index (χ2n) is 9.86. The summed E-state index contributed by atoms with van der Waals surface area (Å²) in [4.78, 5) is 27.6. The molecule has 0 atom stereocenters. The molecule has 2 heterocycles. The molecule has 0 radical (unpaired) electrons. The number of nitrogens with one attached hydrogen (secondary N) is 1. The second-order valence-corrected chi connectivity index (χ2v) is 10.7. The minimum absolute atomic E-state index is 0.00868. The molecule has 1 N–H and O–H groups in total. The van der Waals surface area contributed by atoms with Crippen molar-refractivity contribution in [3.8, 4) is 5.69 Å². The maximum atomic E-state index is 13.3. The van der Waals surface area contributed by atoms with E-state index in [9.17, 15) is 9.59 Å². The van der Waals surface area contributed by atoms with E-state index >= 15 is 0 Å². The van der Waals surface area contributed by atoms with Gasteiger partial charge in [-0.15, -0.1) is 0 Å². The summed E-state index contributed by atoms with van der Waals surface area (Å²) < 4.78 is 7.29. The fourth-order valence-electron chi connectivity index (χ4n) is 4.33. The third-order valence-corrected chi connectivity index (χ3v) is 6.56. The summed E-state index contributed by atoms with van der Waals surface area (Å²) in [6.45, 7) is 6.96. The number of hydrogen-bond donors (Lipinski definition) is 1. The van der Waals surface area contributed by atoms with Gasteiger partial charge >= 0.3 is 6.09 Å². The van der Waals surface area contributed by atoms with Crippen molar-refractivity contribution in [2.75, 3.05) is 13.1 Å². The molecule has 0 saturated carbocycles. The number of ether oxygens (including phenoxy) is 1. The van der Waals surface area contributed by atoms with E-state index in [0.29, 0.717) is 53.8 Å². The van der Waals surface area contributed by atoms with Crippen molar-refractivity contribution in [3.05, 3.63) is 81.6 Å². The summed E-state index contributed by atoms with van der Waals surface area (Å²) >= 11 is 12.6. The van der Waals surface area contributed by atoms with E-state index in [-0.39, 0.29) is 17.9 Å². The zero-order valence-corrected chi connectivity index (χ0v) is 22.1. The van der Waals surface area contributed by atoms with Gasteiger partial charge in [-0.1, -0.05) is 47.5 Å². The number of piperidine rings is 1. The first-order chi connectivity index (χ1) is 17.1. The molecule has 3 aromatic rings. The number of rotatable bonds is 5. The van der Waals surface area contributed by atoms with E-state index in [1.54, 1.807) is 27.9 Å². The normalized spacial score (nSPS) is 14.5. The molecule has 0 unspecified atom stereocenters. The SMILES string of the molecule is CC(C)(C)OC(=O)N1CCC(c2c(C(=O)NCc3cccc(Cl)c3)cnn2-c2ccccc2Cl)CC1. The predicted octanol–water partition coefficient (Wildman–Crippen LogP) is 6.22. The molecule has 1 saturated heterocycles. The first-order valence-corrected chi connectivity index (χ1v) is 12.7. The number of carbonyl (C=O) groups excluding carboxylic acids is 2. The lowest BCUT2D eigenvalue weighted by molar-refractivity contribution is 0.0203. The zero-order chi connectivity index (χ0) is 25.9. The molecule has 9 heteroatoms. The summed E-state index contributed by atoms with van der Waals surface area (Å²) in [6.07, 6.45) is 2.61. The van der Waals surface area contributed by atoms with Gasteiger partial charge in [-0.2, -0.15) is 5.10 Å². The number of nitrogens with zero attached hydrogens (tertiary/aromatic N) is 3. The summed E-state index contributed by atoms with van der Waals surface area (Å²) in [5.74, 6) is -0.216. The van der Waals surface area contributed by atoms with Crippen LogP contribution in [-0.4, -0.2) is 45.4 Å². The maximum absolute atomic E-state index is 13.3. The largest absolute Gasteiger partial charge is 0.444 e. The monoisotopic (exact) mass is 528 g/mol. The van der Waals surface area contributed by atoms with E-state index in [2.05, 4.69) is 10.4 Å². The number of amides is 2. The lowest BCUT2D eigenvalue weighted by atomic mass is 9.90.